The van der Waals surface area contributed by atoms with Crippen LogP contribution in [0.3, 0.4) is 0 Å². The van der Waals surface area contributed by atoms with Gasteiger partial charge in [0, 0.05) is 10.8 Å². The van der Waals surface area contributed by atoms with E-state index in [1.807, 2.05) is 66.7 Å². The third-order valence-corrected chi connectivity index (χ3v) is 9.82. The molecule has 0 saturated carbocycles. The highest BCUT2D eigenvalue weighted by Crippen LogP contribution is 2.46. The molecule has 51 heavy (non-hydrogen) atoms. The molecule has 0 spiro atoms. The van der Waals surface area contributed by atoms with Crippen LogP contribution in [0.2, 0.25) is 0 Å². The molecule has 234 valence electrons. The van der Waals surface area contributed by atoms with Gasteiger partial charge in [-0.1, -0.05) is 121 Å². The Labute approximate surface area is 294 Å². The van der Waals surface area contributed by atoms with Crippen molar-refractivity contribution in [1.82, 2.24) is 4.57 Å². The average molecular weight is 647 g/mol. The molecule has 0 aliphatic rings. The second-order valence-corrected chi connectivity index (χ2v) is 12.6. The fourth-order valence-corrected chi connectivity index (χ4v) is 7.69. The lowest BCUT2D eigenvalue weighted by molar-refractivity contribution is 1.17. The van der Waals surface area contributed by atoms with Gasteiger partial charge in [0.05, 0.1) is 35.4 Å². The van der Waals surface area contributed by atoms with E-state index >= 15 is 0 Å². The molecule has 0 N–H and O–H groups in total. The molecule has 4 nitrogen and oxygen atoms in total. The first-order valence-corrected chi connectivity index (χ1v) is 16.6. The van der Waals surface area contributed by atoms with Crippen molar-refractivity contribution < 1.29 is 0 Å². The third kappa shape index (κ3) is 4.66. The number of benzene rings is 8. The first-order chi connectivity index (χ1) is 25.2. The molecule has 0 atom stereocenters. The van der Waals surface area contributed by atoms with Gasteiger partial charge in [-0.3, -0.25) is 0 Å². The smallest absolute Gasteiger partial charge is 0.196 e. The Hall–Kier alpha value is -7.45. The molecule has 9 rings (SSSR count). The molecule has 0 bridgehead atoms. The zero-order chi connectivity index (χ0) is 34.5. The number of fused-ring (bicyclic) bond motifs is 5. The van der Waals surface area contributed by atoms with Crippen LogP contribution in [-0.2, 0) is 0 Å². The number of hydrogen-bond acceptors (Lipinski definition) is 1. The van der Waals surface area contributed by atoms with Gasteiger partial charge in [-0.25, -0.2) is 9.69 Å². The summed E-state index contributed by atoms with van der Waals surface area (Å²) in [6.45, 7) is 16.4. The van der Waals surface area contributed by atoms with Crippen LogP contribution in [0.1, 0.15) is 5.56 Å². The topological polar surface area (TPSA) is 37.4 Å². The van der Waals surface area contributed by atoms with Crippen molar-refractivity contribution in [2.45, 2.75) is 0 Å². The Bertz CT molecular complexity index is 2890. The first kappa shape index (κ1) is 29.7. The summed E-state index contributed by atoms with van der Waals surface area (Å²) in [6.07, 6.45) is 0. The van der Waals surface area contributed by atoms with Crippen LogP contribution in [-0.4, -0.2) is 4.57 Å². The monoisotopic (exact) mass is 646 g/mol. The maximum Gasteiger partial charge on any atom is 0.196 e. The maximum atomic E-state index is 10.6. The minimum atomic E-state index is 0.410. The molecule has 0 radical (unpaired) electrons. The third-order valence-electron chi connectivity index (χ3n) is 9.82. The molecular formula is C47H26N4. The molecule has 8 aromatic carbocycles. The minimum Gasteiger partial charge on any atom is -0.309 e. The molecule has 0 unspecified atom stereocenters. The van der Waals surface area contributed by atoms with E-state index in [4.69, 9.17) is 13.1 Å². The van der Waals surface area contributed by atoms with Gasteiger partial charge in [-0.15, -0.1) is 0 Å². The SMILES string of the molecule is [C-]#[N+]c1cc(-c2cc(C#N)c(-n3c4ccccc4c4ccccc43)cc2[N+]#[C-])cc(-c2c3ccccc3c(-c3ccccc3)c3ccccc23)c1. The molecule has 1 aromatic heterocycles. The van der Waals surface area contributed by atoms with Crippen LogP contribution in [0.25, 0.3) is 92.1 Å². The van der Waals surface area contributed by atoms with Gasteiger partial charge in [0.25, 0.3) is 0 Å². The summed E-state index contributed by atoms with van der Waals surface area (Å²) >= 11 is 0. The first-order valence-electron chi connectivity index (χ1n) is 16.6. The predicted molar refractivity (Wildman–Crippen MR) is 209 cm³/mol. The van der Waals surface area contributed by atoms with Gasteiger partial charge in [0.15, 0.2) is 11.4 Å². The second kappa shape index (κ2) is 11.9. The van der Waals surface area contributed by atoms with Crippen molar-refractivity contribution in [2.24, 2.45) is 0 Å². The average Bonchev–Trinajstić information content (AvgIpc) is 3.53. The fraction of sp³-hybridized carbons (Fsp3) is 0. The highest BCUT2D eigenvalue weighted by Gasteiger charge is 2.21. The van der Waals surface area contributed by atoms with Crippen LogP contribution >= 0.6 is 0 Å². The van der Waals surface area contributed by atoms with E-state index in [1.165, 1.54) is 5.56 Å². The molecule has 0 aliphatic carbocycles. The van der Waals surface area contributed by atoms with E-state index in [-0.39, 0.29) is 0 Å². The van der Waals surface area contributed by atoms with Crippen molar-refractivity contribution >= 4 is 54.7 Å². The number of nitriles is 1. The van der Waals surface area contributed by atoms with E-state index in [0.717, 1.165) is 65.6 Å². The summed E-state index contributed by atoms with van der Waals surface area (Å²) in [6, 6.07) is 55.5. The molecule has 0 aliphatic heterocycles. The Morgan fingerprint density at radius 1 is 0.471 bits per heavy atom. The number of nitrogens with zero attached hydrogens (tertiary/aromatic N) is 4. The van der Waals surface area contributed by atoms with Gasteiger partial charge in [-0.05, 0) is 91.3 Å². The zero-order valence-electron chi connectivity index (χ0n) is 27.3. The summed E-state index contributed by atoms with van der Waals surface area (Å²) in [5.41, 5.74) is 9.46. The molecule has 1 heterocycles. The van der Waals surface area contributed by atoms with Crippen molar-refractivity contribution in [2.75, 3.05) is 0 Å². The predicted octanol–water partition coefficient (Wildman–Crippen LogP) is 13.1. The van der Waals surface area contributed by atoms with Crippen molar-refractivity contribution in [3.8, 4) is 45.1 Å². The van der Waals surface area contributed by atoms with Gasteiger partial charge in [0.1, 0.15) is 6.07 Å². The number of aromatic nitrogens is 1. The van der Waals surface area contributed by atoms with Crippen LogP contribution < -0.4 is 0 Å². The fourth-order valence-electron chi connectivity index (χ4n) is 7.69. The molecule has 0 saturated heterocycles. The minimum absolute atomic E-state index is 0.410. The van der Waals surface area contributed by atoms with E-state index in [9.17, 15) is 5.26 Å². The van der Waals surface area contributed by atoms with Gasteiger partial charge in [-0.2, -0.15) is 5.26 Å². The number of hydrogen-bond donors (Lipinski definition) is 0. The van der Waals surface area contributed by atoms with E-state index in [1.54, 1.807) is 0 Å². The van der Waals surface area contributed by atoms with E-state index in [2.05, 4.69) is 111 Å². The lowest BCUT2D eigenvalue weighted by Crippen LogP contribution is -1.98. The van der Waals surface area contributed by atoms with E-state index in [0.29, 0.717) is 28.2 Å². The summed E-state index contributed by atoms with van der Waals surface area (Å²) in [5.74, 6) is 0. The molecule has 0 amide bonds. The molecule has 0 fully saturated rings. The number of rotatable bonds is 4. The lowest BCUT2D eigenvalue weighted by atomic mass is 9.85. The highest BCUT2D eigenvalue weighted by atomic mass is 15.0. The van der Waals surface area contributed by atoms with Crippen LogP contribution in [0.15, 0.2) is 158 Å². The summed E-state index contributed by atoms with van der Waals surface area (Å²) in [7, 11) is 0. The summed E-state index contributed by atoms with van der Waals surface area (Å²) < 4.78 is 2.08. The van der Waals surface area contributed by atoms with Crippen molar-refractivity contribution in [3.63, 3.8) is 0 Å². The van der Waals surface area contributed by atoms with Gasteiger partial charge < -0.3 is 4.57 Å². The van der Waals surface area contributed by atoms with Crippen LogP contribution in [0, 0.1) is 24.5 Å². The molecular weight excluding hydrogens is 621 g/mol. The lowest BCUT2D eigenvalue weighted by Gasteiger charge is -2.19. The molecule has 9 aromatic rings. The van der Waals surface area contributed by atoms with Crippen LogP contribution in [0.4, 0.5) is 11.4 Å². The Kier molecular flexibility index (Phi) is 6.93. The van der Waals surface area contributed by atoms with Crippen LogP contribution in [0.5, 0.6) is 0 Å². The summed E-state index contributed by atoms with van der Waals surface area (Å²) in [4.78, 5) is 7.90. The zero-order valence-corrected chi connectivity index (χ0v) is 27.3. The van der Waals surface area contributed by atoms with Crippen molar-refractivity contribution in [1.29, 1.82) is 5.26 Å². The normalized spacial score (nSPS) is 11.1. The maximum absolute atomic E-state index is 10.6. The van der Waals surface area contributed by atoms with Gasteiger partial charge in [0.2, 0.25) is 0 Å². The Balaban J connectivity index is 1.31. The standard InChI is InChI=1S/C47H26N4/c1-49-34-25-31(41-27-33(29-48)45(28-42(41)50-2)51-43-22-12-10-16-35(43)36-17-11-13-23-44(36)51)24-32(26-34)47-39-20-8-6-18-37(39)46(30-14-4-3-5-15-30)38-19-7-9-21-40(38)47/h3-28H. The second-order valence-electron chi connectivity index (χ2n) is 12.6. The quantitative estimate of drug-likeness (QED) is 0.138. The highest BCUT2D eigenvalue weighted by molar-refractivity contribution is 6.21. The Morgan fingerprint density at radius 3 is 1.49 bits per heavy atom. The summed E-state index contributed by atoms with van der Waals surface area (Å²) in [5, 5.41) is 17.2. The van der Waals surface area contributed by atoms with Crippen molar-refractivity contribution in [3.05, 3.63) is 186 Å². The Morgan fingerprint density at radius 2 is 0.961 bits per heavy atom. The largest absolute Gasteiger partial charge is 0.309 e. The van der Waals surface area contributed by atoms with E-state index < -0.39 is 0 Å². The van der Waals surface area contributed by atoms with Gasteiger partial charge >= 0.3 is 0 Å². The molecule has 4 heteroatoms. The number of para-hydroxylation sites is 2.